The number of halogens is 3. The van der Waals surface area contributed by atoms with Crippen LogP contribution in [-0.2, 0) is 0 Å². The smallest absolute Gasteiger partial charge is 0.141 e. The van der Waals surface area contributed by atoms with Crippen molar-refractivity contribution in [1.82, 2.24) is 0 Å². The summed E-state index contributed by atoms with van der Waals surface area (Å²) in [6, 6.07) is 0. The SMILES string of the molecule is FC/C(F)=C/Br. The molecule has 0 aliphatic heterocycles. The Labute approximate surface area is 43.0 Å². The first-order valence-electron chi connectivity index (χ1n) is 1.32. The fourth-order valence-corrected chi connectivity index (χ4v) is 0.152. The van der Waals surface area contributed by atoms with E-state index in [1.165, 1.54) is 0 Å². The van der Waals surface area contributed by atoms with Crippen molar-refractivity contribution in [2.24, 2.45) is 0 Å². The van der Waals surface area contributed by atoms with Crippen LogP contribution in [-0.4, -0.2) is 6.67 Å². The molecule has 0 aromatic rings. The minimum atomic E-state index is -1.02. The minimum absolute atomic E-state index is 0.782. The summed E-state index contributed by atoms with van der Waals surface area (Å²) >= 11 is 2.60. The monoisotopic (exact) mass is 156 g/mol. The average Bonchev–Trinajstić information content (AvgIpc) is 1.65. The van der Waals surface area contributed by atoms with Crippen LogP contribution in [0.1, 0.15) is 0 Å². The molecule has 0 aliphatic rings. The summed E-state index contributed by atoms with van der Waals surface area (Å²) in [5, 5.41) is 0. The molecule has 0 nitrogen and oxygen atoms in total. The van der Waals surface area contributed by atoms with Crippen molar-refractivity contribution in [3.8, 4) is 0 Å². The van der Waals surface area contributed by atoms with Gasteiger partial charge in [-0.2, -0.15) is 0 Å². The molecule has 0 atom stereocenters. The lowest BCUT2D eigenvalue weighted by molar-refractivity contribution is 0.461. The number of alkyl halides is 1. The van der Waals surface area contributed by atoms with E-state index in [4.69, 9.17) is 0 Å². The van der Waals surface area contributed by atoms with Crippen molar-refractivity contribution >= 4 is 15.9 Å². The molecule has 0 aromatic heterocycles. The molecule has 0 spiro atoms. The van der Waals surface area contributed by atoms with E-state index < -0.39 is 12.5 Å². The number of allylic oxidation sites excluding steroid dienone is 1. The van der Waals surface area contributed by atoms with Crippen molar-refractivity contribution in [2.75, 3.05) is 6.67 Å². The van der Waals surface area contributed by atoms with E-state index in [2.05, 4.69) is 15.9 Å². The van der Waals surface area contributed by atoms with Crippen LogP contribution in [0, 0.1) is 0 Å². The molecule has 36 valence electrons. The van der Waals surface area contributed by atoms with Gasteiger partial charge in [-0.3, -0.25) is 0 Å². The van der Waals surface area contributed by atoms with Crippen molar-refractivity contribution in [3.05, 3.63) is 10.8 Å². The van der Waals surface area contributed by atoms with Gasteiger partial charge in [0.05, 0.1) is 0 Å². The summed E-state index contributed by atoms with van der Waals surface area (Å²) < 4.78 is 22.2. The number of hydrogen-bond acceptors (Lipinski definition) is 0. The molecule has 0 aliphatic carbocycles. The van der Waals surface area contributed by atoms with Gasteiger partial charge in [0.2, 0.25) is 0 Å². The predicted molar refractivity (Wildman–Crippen MR) is 24.1 cm³/mol. The fourth-order valence-electron chi connectivity index (χ4n) is 0.0292. The second kappa shape index (κ2) is 3.28. The highest BCUT2D eigenvalue weighted by molar-refractivity contribution is 9.11. The van der Waals surface area contributed by atoms with Gasteiger partial charge in [-0.15, -0.1) is 0 Å². The predicted octanol–water partition coefficient (Wildman–Crippen LogP) is 2.16. The lowest BCUT2D eigenvalue weighted by Crippen LogP contribution is -1.67. The molecule has 0 saturated carbocycles. The molecule has 0 amide bonds. The van der Waals surface area contributed by atoms with Crippen LogP contribution >= 0.6 is 15.9 Å². The fraction of sp³-hybridized carbons (Fsp3) is 0.333. The zero-order chi connectivity index (χ0) is 4.99. The molecule has 0 aromatic carbocycles. The molecular formula is C3H3BrF2. The van der Waals surface area contributed by atoms with E-state index in [9.17, 15) is 8.78 Å². The summed E-state index contributed by atoms with van der Waals surface area (Å²) in [4.78, 5) is 0.910. The zero-order valence-electron chi connectivity index (χ0n) is 2.92. The Kier molecular flexibility index (Phi) is 3.32. The number of hydrogen-bond donors (Lipinski definition) is 0. The maximum Gasteiger partial charge on any atom is 0.141 e. The summed E-state index contributed by atoms with van der Waals surface area (Å²) in [6.07, 6.45) is 0. The molecule has 0 bridgehead atoms. The van der Waals surface area contributed by atoms with Gasteiger partial charge >= 0.3 is 0 Å². The van der Waals surface area contributed by atoms with Crippen LogP contribution in [0.5, 0.6) is 0 Å². The van der Waals surface area contributed by atoms with Gasteiger partial charge in [-0.1, -0.05) is 15.9 Å². The molecule has 0 heterocycles. The standard InChI is InChI=1S/C3H3BrF2/c4-1-3(6)2-5/h1H,2H2/b3-1-. The van der Waals surface area contributed by atoms with Crippen molar-refractivity contribution < 1.29 is 8.78 Å². The summed E-state index contributed by atoms with van der Waals surface area (Å²) in [6.45, 7) is -1.02. The maximum absolute atomic E-state index is 11.3. The van der Waals surface area contributed by atoms with Gasteiger partial charge in [0.15, 0.2) is 0 Å². The lowest BCUT2D eigenvalue weighted by atomic mass is 10.7. The van der Waals surface area contributed by atoms with Gasteiger partial charge in [0.25, 0.3) is 0 Å². The van der Waals surface area contributed by atoms with Crippen LogP contribution in [0.3, 0.4) is 0 Å². The first-order valence-corrected chi connectivity index (χ1v) is 2.23. The Morgan fingerprint density at radius 1 is 1.83 bits per heavy atom. The Hall–Kier alpha value is 0.0800. The van der Waals surface area contributed by atoms with Gasteiger partial charge in [0.1, 0.15) is 12.5 Å². The third kappa shape index (κ3) is 2.33. The summed E-state index contributed by atoms with van der Waals surface area (Å²) in [5.41, 5.74) is 0. The largest absolute Gasteiger partial charge is 0.243 e. The van der Waals surface area contributed by atoms with Crippen LogP contribution < -0.4 is 0 Å². The molecular weight excluding hydrogens is 154 g/mol. The molecule has 0 rings (SSSR count). The first-order chi connectivity index (χ1) is 2.81. The van der Waals surface area contributed by atoms with E-state index in [1.807, 2.05) is 0 Å². The van der Waals surface area contributed by atoms with E-state index in [1.54, 1.807) is 0 Å². The second-order valence-corrected chi connectivity index (χ2v) is 1.15. The highest BCUT2D eigenvalue weighted by Gasteiger charge is 1.84. The Morgan fingerprint density at radius 3 is 2.33 bits per heavy atom. The quantitative estimate of drug-likeness (QED) is 0.547. The Balaban J connectivity index is 3.22. The average molecular weight is 157 g/mol. The van der Waals surface area contributed by atoms with Crippen LogP contribution in [0.2, 0.25) is 0 Å². The maximum atomic E-state index is 11.3. The van der Waals surface area contributed by atoms with Crippen LogP contribution in [0.15, 0.2) is 10.8 Å². The zero-order valence-corrected chi connectivity index (χ0v) is 4.50. The van der Waals surface area contributed by atoms with Crippen molar-refractivity contribution in [3.63, 3.8) is 0 Å². The molecule has 0 radical (unpaired) electrons. The van der Waals surface area contributed by atoms with Gasteiger partial charge < -0.3 is 0 Å². The minimum Gasteiger partial charge on any atom is -0.243 e. The van der Waals surface area contributed by atoms with Gasteiger partial charge in [0, 0.05) is 4.99 Å². The molecule has 0 saturated heterocycles. The third-order valence-electron chi connectivity index (χ3n) is 0.246. The second-order valence-electron chi connectivity index (χ2n) is 0.690. The molecule has 6 heavy (non-hydrogen) atoms. The van der Waals surface area contributed by atoms with Gasteiger partial charge in [-0.25, -0.2) is 8.78 Å². The van der Waals surface area contributed by atoms with E-state index in [-0.39, 0.29) is 0 Å². The molecule has 0 N–H and O–H groups in total. The highest BCUT2D eigenvalue weighted by Crippen LogP contribution is 1.98. The van der Waals surface area contributed by atoms with Crippen molar-refractivity contribution in [1.29, 1.82) is 0 Å². The first kappa shape index (κ1) is 6.08. The lowest BCUT2D eigenvalue weighted by Gasteiger charge is -1.75. The molecule has 0 fully saturated rings. The summed E-state index contributed by atoms with van der Waals surface area (Å²) in [5.74, 6) is -0.782. The number of rotatable bonds is 1. The van der Waals surface area contributed by atoms with Crippen LogP contribution in [0.4, 0.5) is 8.78 Å². The van der Waals surface area contributed by atoms with Crippen molar-refractivity contribution in [2.45, 2.75) is 0 Å². The van der Waals surface area contributed by atoms with E-state index >= 15 is 0 Å². The van der Waals surface area contributed by atoms with E-state index in [0.717, 1.165) is 4.99 Å². The molecule has 3 heteroatoms. The normalized spacial score (nSPS) is 12.2. The van der Waals surface area contributed by atoms with E-state index in [0.29, 0.717) is 0 Å². The van der Waals surface area contributed by atoms with Crippen LogP contribution in [0.25, 0.3) is 0 Å². The van der Waals surface area contributed by atoms with Gasteiger partial charge in [-0.05, 0) is 0 Å². The summed E-state index contributed by atoms with van der Waals surface area (Å²) in [7, 11) is 0. The Bertz CT molecular complexity index is 59.8. The highest BCUT2D eigenvalue weighted by atomic mass is 79.9. The topological polar surface area (TPSA) is 0 Å². The Morgan fingerprint density at radius 2 is 2.33 bits per heavy atom. The third-order valence-corrected chi connectivity index (χ3v) is 0.743. The molecule has 0 unspecified atom stereocenters.